The number of carbonyl (C=O) groups excluding carboxylic acids is 1. The molecular formula is C25H28N2O2. The summed E-state index contributed by atoms with van der Waals surface area (Å²) in [6, 6.07) is 25.7. The third kappa shape index (κ3) is 6.68. The number of amides is 1. The van der Waals surface area contributed by atoms with Crippen molar-refractivity contribution in [3.8, 4) is 5.75 Å². The molecule has 3 aromatic rings. The normalized spacial score (nSPS) is 10.6. The molecule has 0 radical (unpaired) electrons. The van der Waals surface area contributed by atoms with Gasteiger partial charge in [-0.1, -0.05) is 62.4 Å². The topological polar surface area (TPSA) is 50.4 Å². The van der Waals surface area contributed by atoms with Crippen LogP contribution in [0.2, 0.25) is 0 Å². The zero-order valence-electron chi connectivity index (χ0n) is 17.0. The van der Waals surface area contributed by atoms with Gasteiger partial charge in [0, 0.05) is 24.3 Å². The molecule has 4 nitrogen and oxygen atoms in total. The van der Waals surface area contributed by atoms with Crippen molar-refractivity contribution in [2.24, 2.45) is 5.92 Å². The van der Waals surface area contributed by atoms with Crippen LogP contribution in [0, 0.1) is 5.92 Å². The molecule has 4 heteroatoms. The number of rotatable bonds is 9. The monoisotopic (exact) mass is 388 g/mol. The molecule has 3 rings (SSSR count). The molecule has 0 atom stereocenters. The zero-order chi connectivity index (χ0) is 20.5. The highest BCUT2D eigenvalue weighted by Gasteiger charge is 2.07. The van der Waals surface area contributed by atoms with Crippen LogP contribution in [-0.2, 0) is 13.2 Å². The van der Waals surface area contributed by atoms with Gasteiger partial charge in [0.15, 0.2) is 0 Å². The second kappa shape index (κ2) is 10.3. The average Bonchev–Trinajstić information content (AvgIpc) is 2.76. The maximum absolute atomic E-state index is 12.3. The maximum atomic E-state index is 12.3. The third-order valence-electron chi connectivity index (χ3n) is 4.44. The number of hydrogen-bond donors (Lipinski definition) is 2. The molecule has 0 spiro atoms. The van der Waals surface area contributed by atoms with E-state index < -0.39 is 0 Å². The smallest absolute Gasteiger partial charge is 0.251 e. The first kappa shape index (κ1) is 20.5. The summed E-state index contributed by atoms with van der Waals surface area (Å²) in [7, 11) is 0. The number of benzene rings is 3. The van der Waals surface area contributed by atoms with Crippen molar-refractivity contribution in [2.75, 3.05) is 11.9 Å². The van der Waals surface area contributed by atoms with E-state index in [-0.39, 0.29) is 5.91 Å². The SMILES string of the molecule is CC(C)CNC(=O)c1cccc(NCc2cccc(OCc3ccccc3)c2)c1. The van der Waals surface area contributed by atoms with Gasteiger partial charge in [-0.25, -0.2) is 0 Å². The molecule has 0 saturated heterocycles. The van der Waals surface area contributed by atoms with Crippen LogP contribution in [0.1, 0.15) is 35.3 Å². The molecule has 0 aromatic heterocycles. The van der Waals surface area contributed by atoms with Crippen molar-refractivity contribution < 1.29 is 9.53 Å². The Kier molecular flexibility index (Phi) is 7.28. The van der Waals surface area contributed by atoms with Crippen molar-refractivity contribution in [3.05, 3.63) is 95.6 Å². The van der Waals surface area contributed by atoms with E-state index in [0.29, 0.717) is 31.2 Å². The van der Waals surface area contributed by atoms with Gasteiger partial charge in [0.2, 0.25) is 0 Å². The predicted molar refractivity (Wildman–Crippen MR) is 118 cm³/mol. The van der Waals surface area contributed by atoms with E-state index in [1.165, 1.54) is 0 Å². The van der Waals surface area contributed by atoms with E-state index in [9.17, 15) is 4.79 Å². The number of anilines is 1. The van der Waals surface area contributed by atoms with E-state index in [1.54, 1.807) is 0 Å². The minimum Gasteiger partial charge on any atom is -0.489 e. The molecule has 2 N–H and O–H groups in total. The maximum Gasteiger partial charge on any atom is 0.251 e. The van der Waals surface area contributed by atoms with E-state index in [2.05, 4.69) is 42.7 Å². The third-order valence-corrected chi connectivity index (χ3v) is 4.44. The fourth-order valence-electron chi connectivity index (χ4n) is 2.86. The highest BCUT2D eigenvalue weighted by atomic mass is 16.5. The van der Waals surface area contributed by atoms with Crippen molar-refractivity contribution in [1.29, 1.82) is 0 Å². The highest BCUT2D eigenvalue weighted by Crippen LogP contribution is 2.17. The summed E-state index contributed by atoms with van der Waals surface area (Å²) in [5.41, 5.74) is 3.84. The van der Waals surface area contributed by atoms with Crippen LogP contribution in [0.3, 0.4) is 0 Å². The number of nitrogens with one attached hydrogen (secondary N) is 2. The summed E-state index contributed by atoms with van der Waals surface area (Å²) in [5.74, 6) is 1.23. The van der Waals surface area contributed by atoms with Crippen molar-refractivity contribution in [3.63, 3.8) is 0 Å². The molecule has 0 aliphatic heterocycles. The molecule has 0 bridgehead atoms. The lowest BCUT2D eigenvalue weighted by Gasteiger charge is -2.11. The molecule has 150 valence electrons. The van der Waals surface area contributed by atoms with Crippen molar-refractivity contribution in [2.45, 2.75) is 27.0 Å². The van der Waals surface area contributed by atoms with Gasteiger partial charge < -0.3 is 15.4 Å². The van der Waals surface area contributed by atoms with Gasteiger partial charge in [-0.05, 0) is 47.4 Å². The second-order valence-corrected chi connectivity index (χ2v) is 7.46. The van der Waals surface area contributed by atoms with Crippen LogP contribution < -0.4 is 15.4 Å². The first-order valence-electron chi connectivity index (χ1n) is 9.98. The lowest BCUT2D eigenvalue weighted by molar-refractivity contribution is 0.0949. The van der Waals surface area contributed by atoms with Gasteiger partial charge in [-0.15, -0.1) is 0 Å². The first-order chi connectivity index (χ1) is 14.1. The Hall–Kier alpha value is -3.27. The van der Waals surface area contributed by atoms with E-state index >= 15 is 0 Å². The minimum absolute atomic E-state index is 0.0429. The predicted octanol–water partition coefficient (Wildman–Crippen LogP) is 5.26. The summed E-state index contributed by atoms with van der Waals surface area (Å²) in [4.78, 5) is 12.3. The number of carbonyl (C=O) groups is 1. The summed E-state index contributed by atoms with van der Waals surface area (Å²) in [6.45, 7) is 6.03. The molecule has 0 heterocycles. The molecule has 0 aliphatic carbocycles. The quantitative estimate of drug-likeness (QED) is 0.525. The Morgan fingerprint density at radius 2 is 1.66 bits per heavy atom. The van der Waals surface area contributed by atoms with Gasteiger partial charge >= 0.3 is 0 Å². The summed E-state index contributed by atoms with van der Waals surface area (Å²) in [5, 5.41) is 6.34. The van der Waals surface area contributed by atoms with Gasteiger partial charge in [0.25, 0.3) is 5.91 Å². The van der Waals surface area contributed by atoms with E-state index in [4.69, 9.17) is 4.74 Å². The van der Waals surface area contributed by atoms with Crippen LogP contribution >= 0.6 is 0 Å². The Morgan fingerprint density at radius 3 is 2.45 bits per heavy atom. The fraction of sp³-hybridized carbons (Fsp3) is 0.240. The van der Waals surface area contributed by atoms with Gasteiger partial charge in [-0.3, -0.25) is 4.79 Å². The molecule has 0 fully saturated rings. The van der Waals surface area contributed by atoms with Crippen molar-refractivity contribution >= 4 is 11.6 Å². The molecule has 29 heavy (non-hydrogen) atoms. The van der Waals surface area contributed by atoms with Crippen LogP contribution in [0.25, 0.3) is 0 Å². The minimum atomic E-state index is -0.0429. The summed E-state index contributed by atoms with van der Waals surface area (Å²) < 4.78 is 5.90. The van der Waals surface area contributed by atoms with Gasteiger partial charge in [0.05, 0.1) is 0 Å². The molecule has 0 unspecified atom stereocenters. The van der Waals surface area contributed by atoms with Crippen LogP contribution in [-0.4, -0.2) is 12.5 Å². The van der Waals surface area contributed by atoms with Gasteiger partial charge in [0.1, 0.15) is 12.4 Å². The van der Waals surface area contributed by atoms with Crippen LogP contribution in [0.5, 0.6) is 5.75 Å². The molecule has 0 aliphatic rings. The average molecular weight is 389 g/mol. The Morgan fingerprint density at radius 1 is 0.897 bits per heavy atom. The lowest BCUT2D eigenvalue weighted by Crippen LogP contribution is -2.27. The van der Waals surface area contributed by atoms with Gasteiger partial charge in [-0.2, -0.15) is 0 Å². The molecule has 3 aromatic carbocycles. The Labute approximate surface area is 172 Å². The van der Waals surface area contributed by atoms with Crippen molar-refractivity contribution in [1.82, 2.24) is 5.32 Å². The Bertz CT molecular complexity index is 923. The fourth-order valence-corrected chi connectivity index (χ4v) is 2.86. The summed E-state index contributed by atoms with van der Waals surface area (Å²) >= 11 is 0. The van der Waals surface area contributed by atoms with Crippen LogP contribution in [0.4, 0.5) is 5.69 Å². The summed E-state index contributed by atoms with van der Waals surface area (Å²) in [6.07, 6.45) is 0. The van der Waals surface area contributed by atoms with E-state index in [0.717, 1.165) is 22.6 Å². The molecular weight excluding hydrogens is 360 g/mol. The molecule has 0 saturated carbocycles. The second-order valence-electron chi connectivity index (χ2n) is 7.46. The largest absolute Gasteiger partial charge is 0.489 e. The first-order valence-corrected chi connectivity index (χ1v) is 9.98. The lowest BCUT2D eigenvalue weighted by atomic mass is 10.1. The Balaban J connectivity index is 1.56. The van der Waals surface area contributed by atoms with Crippen LogP contribution in [0.15, 0.2) is 78.9 Å². The number of ether oxygens (including phenoxy) is 1. The van der Waals surface area contributed by atoms with E-state index in [1.807, 2.05) is 60.7 Å². The standard InChI is InChI=1S/C25H28N2O2/c1-19(2)16-27-25(28)22-11-7-12-23(15-22)26-17-21-10-6-13-24(14-21)29-18-20-8-4-3-5-9-20/h3-15,19,26H,16-18H2,1-2H3,(H,27,28). The number of hydrogen-bond acceptors (Lipinski definition) is 3. The zero-order valence-corrected chi connectivity index (χ0v) is 17.0. The molecule has 1 amide bonds. The highest BCUT2D eigenvalue weighted by molar-refractivity contribution is 5.95.